The highest BCUT2D eigenvalue weighted by atomic mass is 16.5. The van der Waals surface area contributed by atoms with E-state index in [-0.39, 0.29) is 6.61 Å². The van der Waals surface area contributed by atoms with E-state index in [9.17, 15) is 4.79 Å². The van der Waals surface area contributed by atoms with Gasteiger partial charge in [-0.2, -0.15) is 0 Å². The molecular weight excluding hydrogens is 246 g/mol. The molecule has 0 aromatic heterocycles. The maximum atomic E-state index is 11.3. The third-order valence-corrected chi connectivity index (χ3v) is 2.19. The predicted molar refractivity (Wildman–Crippen MR) is 71.6 cm³/mol. The van der Waals surface area contributed by atoms with Crippen LogP contribution in [0.5, 0.6) is 0 Å². The first-order chi connectivity index (χ1) is 9.33. The van der Waals surface area contributed by atoms with Gasteiger partial charge in [0.1, 0.15) is 13.2 Å². The van der Waals surface area contributed by atoms with Crippen LogP contribution in [0.25, 0.3) is 0 Å². The molecule has 0 bridgehead atoms. The van der Waals surface area contributed by atoms with Crippen molar-refractivity contribution in [2.45, 2.75) is 6.61 Å². The Morgan fingerprint density at radius 2 is 2.00 bits per heavy atom. The van der Waals surface area contributed by atoms with E-state index in [0.29, 0.717) is 26.4 Å². The third-order valence-electron chi connectivity index (χ3n) is 2.19. The van der Waals surface area contributed by atoms with Gasteiger partial charge in [0.15, 0.2) is 0 Å². The van der Waals surface area contributed by atoms with Crippen molar-refractivity contribution in [2.75, 3.05) is 26.4 Å². The third kappa shape index (κ3) is 7.83. The van der Waals surface area contributed by atoms with E-state index in [4.69, 9.17) is 14.2 Å². The van der Waals surface area contributed by atoms with Crippen molar-refractivity contribution in [3.8, 4) is 0 Å². The van der Waals surface area contributed by atoms with Crippen molar-refractivity contribution >= 4 is 6.09 Å². The van der Waals surface area contributed by atoms with Crippen molar-refractivity contribution < 1.29 is 19.0 Å². The number of ether oxygens (including phenoxy) is 3. The van der Waals surface area contributed by atoms with Gasteiger partial charge in [-0.1, -0.05) is 36.9 Å². The molecule has 5 nitrogen and oxygen atoms in total. The van der Waals surface area contributed by atoms with Crippen molar-refractivity contribution in [3.63, 3.8) is 0 Å². The van der Waals surface area contributed by atoms with Crippen LogP contribution in [-0.2, 0) is 20.8 Å². The summed E-state index contributed by atoms with van der Waals surface area (Å²) in [6.45, 7) is 5.42. The predicted octanol–water partition coefficient (Wildman–Crippen LogP) is 2.09. The van der Waals surface area contributed by atoms with E-state index in [0.717, 1.165) is 5.56 Å². The molecule has 104 valence electrons. The summed E-state index contributed by atoms with van der Waals surface area (Å²) >= 11 is 0. The SMILES string of the molecule is C=COCCOCCNC(=O)OCc1ccccc1. The molecular formula is C14H19NO4. The minimum atomic E-state index is -0.449. The highest BCUT2D eigenvalue weighted by Gasteiger charge is 2.01. The molecule has 19 heavy (non-hydrogen) atoms. The first kappa shape index (κ1) is 15.0. The Morgan fingerprint density at radius 1 is 1.21 bits per heavy atom. The first-order valence-electron chi connectivity index (χ1n) is 6.07. The summed E-state index contributed by atoms with van der Waals surface area (Å²) in [4.78, 5) is 11.3. The van der Waals surface area contributed by atoms with Crippen molar-refractivity contribution in [1.82, 2.24) is 5.32 Å². The van der Waals surface area contributed by atoms with Crippen molar-refractivity contribution in [3.05, 3.63) is 48.7 Å². The quantitative estimate of drug-likeness (QED) is 0.548. The van der Waals surface area contributed by atoms with Gasteiger partial charge >= 0.3 is 6.09 Å². The fourth-order valence-corrected chi connectivity index (χ4v) is 1.29. The zero-order chi connectivity index (χ0) is 13.8. The van der Waals surface area contributed by atoms with Gasteiger partial charge in [0.25, 0.3) is 0 Å². The number of hydrogen-bond donors (Lipinski definition) is 1. The Kier molecular flexibility index (Phi) is 7.89. The molecule has 0 fully saturated rings. The van der Waals surface area contributed by atoms with Gasteiger partial charge in [-0.15, -0.1) is 0 Å². The highest BCUT2D eigenvalue weighted by Crippen LogP contribution is 2.00. The molecule has 0 radical (unpaired) electrons. The van der Waals surface area contributed by atoms with E-state index >= 15 is 0 Å². The molecule has 1 amide bonds. The van der Waals surface area contributed by atoms with Gasteiger partial charge in [0.2, 0.25) is 0 Å². The lowest BCUT2D eigenvalue weighted by Crippen LogP contribution is -2.28. The molecule has 1 N–H and O–H groups in total. The average molecular weight is 265 g/mol. The highest BCUT2D eigenvalue weighted by molar-refractivity contribution is 5.67. The van der Waals surface area contributed by atoms with Crippen molar-refractivity contribution in [2.24, 2.45) is 0 Å². The molecule has 0 aliphatic rings. The van der Waals surface area contributed by atoms with Crippen LogP contribution in [0, 0.1) is 0 Å². The van der Waals surface area contributed by atoms with E-state index in [1.807, 2.05) is 30.3 Å². The van der Waals surface area contributed by atoms with Crippen LogP contribution < -0.4 is 5.32 Å². The van der Waals surface area contributed by atoms with Gasteiger partial charge in [-0.25, -0.2) is 4.79 Å². The summed E-state index contributed by atoms with van der Waals surface area (Å²) in [5.41, 5.74) is 0.954. The maximum Gasteiger partial charge on any atom is 0.407 e. The molecule has 0 saturated carbocycles. The van der Waals surface area contributed by atoms with Crippen LogP contribution in [0.1, 0.15) is 5.56 Å². The summed E-state index contributed by atoms with van der Waals surface area (Å²) in [5.74, 6) is 0. The molecule has 0 saturated heterocycles. The van der Waals surface area contributed by atoms with Crippen molar-refractivity contribution in [1.29, 1.82) is 0 Å². The zero-order valence-corrected chi connectivity index (χ0v) is 10.8. The van der Waals surface area contributed by atoms with Gasteiger partial charge in [0, 0.05) is 6.54 Å². The molecule has 1 aromatic carbocycles. The van der Waals surface area contributed by atoms with Gasteiger partial charge in [0.05, 0.1) is 19.5 Å². The zero-order valence-electron chi connectivity index (χ0n) is 10.8. The Morgan fingerprint density at radius 3 is 2.74 bits per heavy atom. The largest absolute Gasteiger partial charge is 0.499 e. The lowest BCUT2D eigenvalue weighted by molar-refractivity contribution is 0.0837. The number of alkyl carbamates (subject to hydrolysis) is 1. The van der Waals surface area contributed by atoms with E-state index in [1.54, 1.807) is 0 Å². The minimum absolute atomic E-state index is 0.265. The van der Waals surface area contributed by atoms with Gasteiger partial charge in [-0.3, -0.25) is 0 Å². The fourth-order valence-electron chi connectivity index (χ4n) is 1.29. The number of rotatable bonds is 9. The number of amides is 1. The van der Waals surface area contributed by atoms with Gasteiger partial charge in [-0.05, 0) is 5.56 Å². The van der Waals surface area contributed by atoms with Crippen LogP contribution in [-0.4, -0.2) is 32.5 Å². The van der Waals surface area contributed by atoms with Crippen LogP contribution in [0.15, 0.2) is 43.2 Å². The topological polar surface area (TPSA) is 56.8 Å². The van der Waals surface area contributed by atoms with E-state index in [2.05, 4.69) is 11.9 Å². The van der Waals surface area contributed by atoms with Crippen LogP contribution in [0.3, 0.4) is 0 Å². The minimum Gasteiger partial charge on any atom is -0.499 e. The molecule has 0 spiro atoms. The molecule has 0 aliphatic heterocycles. The summed E-state index contributed by atoms with van der Waals surface area (Å²) in [6.07, 6.45) is 0.914. The van der Waals surface area contributed by atoms with Crippen LogP contribution >= 0.6 is 0 Å². The standard InChI is InChI=1S/C14H19NO4/c1-2-17-10-11-18-9-8-15-14(16)19-12-13-6-4-3-5-7-13/h2-7H,1,8-12H2,(H,15,16). The number of nitrogens with one attached hydrogen (secondary N) is 1. The lowest BCUT2D eigenvalue weighted by Gasteiger charge is -2.07. The van der Waals surface area contributed by atoms with E-state index < -0.39 is 6.09 Å². The second kappa shape index (κ2) is 9.96. The lowest BCUT2D eigenvalue weighted by atomic mass is 10.2. The molecule has 1 aromatic rings. The number of carbonyl (C=O) groups is 1. The fraction of sp³-hybridized carbons (Fsp3) is 0.357. The Labute approximate surface area is 113 Å². The number of carbonyl (C=O) groups excluding carboxylic acids is 1. The molecule has 0 atom stereocenters. The molecule has 5 heteroatoms. The summed E-state index contributed by atoms with van der Waals surface area (Å²) < 4.78 is 15.1. The normalized spacial score (nSPS) is 9.68. The van der Waals surface area contributed by atoms with Gasteiger partial charge < -0.3 is 19.5 Å². The first-order valence-corrected chi connectivity index (χ1v) is 6.07. The Balaban J connectivity index is 1.98. The van der Waals surface area contributed by atoms with Crippen LogP contribution in [0.4, 0.5) is 4.79 Å². The summed E-state index contributed by atoms with van der Waals surface area (Å²) in [7, 11) is 0. The molecule has 1 rings (SSSR count). The Hall–Kier alpha value is -2.01. The molecule has 0 unspecified atom stereocenters. The summed E-state index contributed by atoms with van der Waals surface area (Å²) in [5, 5.41) is 2.60. The number of hydrogen-bond acceptors (Lipinski definition) is 4. The molecule has 0 heterocycles. The van der Waals surface area contributed by atoms with Crippen LogP contribution in [0.2, 0.25) is 0 Å². The smallest absolute Gasteiger partial charge is 0.407 e. The maximum absolute atomic E-state index is 11.3. The Bertz CT molecular complexity index is 367. The average Bonchev–Trinajstić information content (AvgIpc) is 2.45. The summed E-state index contributed by atoms with van der Waals surface area (Å²) in [6, 6.07) is 9.51. The second-order valence-corrected chi connectivity index (χ2v) is 3.64. The number of benzene rings is 1. The van der Waals surface area contributed by atoms with E-state index in [1.165, 1.54) is 6.26 Å². The second-order valence-electron chi connectivity index (χ2n) is 3.64. The monoisotopic (exact) mass is 265 g/mol. The molecule has 0 aliphatic carbocycles.